The molecule has 0 aromatic rings. The van der Waals surface area contributed by atoms with Gasteiger partial charge in [-0.2, -0.15) is 23.4 Å². The molecule has 6 atom stereocenters. The average Bonchev–Trinajstić information content (AvgIpc) is 3.09. The Kier molecular flexibility index (Phi) is 30.2. The minimum absolute atomic E-state index is 0.00863. The van der Waals surface area contributed by atoms with Gasteiger partial charge in [-0.05, 0) is 12.8 Å². The van der Waals surface area contributed by atoms with Gasteiger partial charge in [0.25, 0.3) is 0 Å². The first-order valence-electron chi connectivity index (χ1n) is 17.6. The minimum atomic E-state index is -2.15. The summed E-state index contributed by atoms with van der Waals surface area (Å²) in [5, 5.41) is 5.33. The summed E-state index contributed by atoms with van der Waals surface area (Å²) in [6.45, 7) is 5.29. The van der Waals surface area contributed by atoms with Crippen LogP contribution >= 0.6 is 32.1 Å². The van der Waals surface area contributed by atoms with Crippen LogP contribution in [0.1, 0.15) is 44.9 Å². The maximum atomic E-state index is 13.5. The van der Waals surface area contributed by atoms with E-state index in [0.717, 1.165) is 0 Å². The van der Waals surface area contributed by atoms with Crippen LogP contribution in [-0.2, 0) is 43.0 Å². The van der Waals surface area contributed by atoms with Crippen molar-refractivity contribution in [2.75, 3.05) is 77.2 Å². The number of carbonyl (C=O) groups excluding carboxylic acids is 7. The van der Waals surface area contributed by atoms with E-state index in [1.807, 2.05) is 0 Å². The third-order valence-corrected chi connectivity index (χ3v) is 13.3. The van der Waals surface area contributed by atoms with Crippen molar-refractivity contribution in [2.24, 2.45) is 11.7 Å². The average molecular weight is 816 g/mol. The Hall–Kier alpha value is -0.541. The summed E-state index contributed by atoms with van der Waals surface area (Å²) in [6, 6.07) is 0.590. The molecule has 26 heteroatoms. The molecule has 0 saturated heterocycles. The van der Waals surface area contributed by atoms with Gasteiger partial charge in [-0.15, -0.1) is 0 Å². The molecule has 0 aliphatic heterocycles. The van der Waals surface area contributed by atoms with Crippen LogP contribution in [-0.4, -0.2) is 202 Å². The predicted molar refractivity (Wildman–Crippen MR) is 239 cm³/mol. The van der Waals surface area contributed by atoms with E-state index in [2.05, 4.69) is 10.6 Å². The van der Waals surface area contributed by atoms with Crippen molar-refractivity contribution in [1.82, 2.24) is 10.6 Å². The molecular formula is C29H48B10N3O9P3S. The molecule has 0 aliphatic rings. The maximum absolute atomic E-state index is 13.5. The summed E-state index contributed by atoms with van der Waals surface area (Å²) in [7, 11) is 35.0. The fraction of sp³-hybridized carbons (Fsp3) is 0.759. The quantitative estimate of drug-likeness (QED) is 0.0400. The van der Waals surface area contributed by atoms with Crippen molar-refractivity contribution in [1.29, 1.82) is 0 Å². The van der Waals surface area contributed by atoms with E-state index >= 15 is 0 Å². The SMILES string of the molecule is [B]B=S(=B[B])(CC(=O)CCC(N)C(=O)NCCOCCOCC(=O)CC(CCC(=O)CP([B])C)C(=O)NC(CCC(=O)CP([B])C)C(=O)CP([B])C)B([B])[B]. The monoisotopic (exact) mass is 817 g/mol. The normalized spacial score (nSPS) is 14.5. The molecule has 0 bridgehead atoms. The number of nitrogens with one attached hydrogen (secondary N) is 2. The summed E-state index contributed by atoms with van der Waals surface area (Å²) in [6.07, 6.45) is 0.460. The Morgan fingerprint density at radius 3 is 1.78 bits per heavy atom. The molecule has 4 N–H and O–H groups in total. The molecule has 6 unspecified atom stereocenters. The van der Waals surface area contributed by atoms with Crippen LogP contribution in [0.15, 0.2) is 0 Å². The molecular weight excluding hydrogens is 767 g/mol. The molecule has 284 valence electrons. The second-order valence-electron chi connectivity index (χ2n) is 13.3. The number of carbonyl (C=O) groups is 7. The van der Waals surface area contributed by atoms with Crippen molar-refractivity contribution in [3.8, 4) is 0 Å². The summed E-state index contributed by atoms with van der Waals surface area (Å²) in [5.74, 6) is -4.12. The fourth-order valence-electron chi connectivity index (χ4n) is 4.98. The van der Waals surface area contributed by atoms with Gasteiger partial charge >= 0.3 is 139 Å². The second kappa shape index (κ2) is 30.5. The molecule has 0 spiro atoms. The Bertz CT molecular complexity index is 1400. The van der Waals surface area contributed by atoms with E-state index in [9.17, 15) is 33.6 Å². The first kappa shape index (κ1) is 54.5. The van der Waals surface area contributed by atoms with Gasteiger partial charge in [0, 0.05) is 43.7 Å². The fourth-order valence-corrected chi connectivity index (χ4v) is 8.66. The number of nitrogens with two attached hydrogens (primary N) is 1. The van der Waals surface area contributed by atoms with Gasteiger partial charge in [0.05, 0.1) is 12.6 Å². The molecule has 2 amide bonds. The van der Waals surface area contributed by atoms with Crippen LogP contribution < -0.4 is 16.4 Å². The Morgan fingerprint density at radius 2 is 1.25 bits per heavy atom. The van der Waals surface area contributed by atoms with Gasteiger partial charge < -0.3 is 10.1 Å². The topological polar surface area (TPSA) is 188 Å². The zero-order valence-corrected chi connectivity index (χ0v) is 35.8. The Balaban J connectivity index is 4.96. The van der Waals surface area contributed by atoms with Crippen LogP contribution in [0.3, 0.4) is 0 Å². The Morgan fingerprint density at radius 1 is 0.727 bits per heavy atom. The van der Waals surface area contributed by atoms with Crippen molar-refractivity contribution in [3.05, 3.63) is 0 Å². The van der Waals surface area contributed by atoms with Gasteiger partial charge in [0.2, 0.25) is 5.91 Å². The number of hydrogen-bond acceptors (Lipinski definition) is 10. The first-order chi connectivity index (χ1) is 25.8. The molecule has 0 saturated carbocycles. The number of Topliss-reactive ketones (excluding diaryl/α,β-unsaturated/α-hetero) is 5. The van der Waals surface area contributed by atoms with Crippen molar-refractivity contribution < 1.29 is 43.0 Å². The van der Waals surface area contributed by atoms with Gasteiger partial charge in [-0.3, -0.25) is 24.0 Å². The van der Waals surface area contributed by atoms with Crippen molar-refractivity contribution in [2.45, 2.75) is 57.0 Å². The van der Waals surface area contributed by atoms with E-state index in [1.165, 1.54) is 12.1 Å². The summed E-state index contributed by atoms with van der Waals surface area (Å²) >= 11 is 0. The van der Waals surface area contributed by atoms with Crippen LogP contribution in [0.4, 0.5) is 0 Å². The number of ether oxygens (including phenoxy) is 2. The zero-order valence-electron chi connectivity index (χ0n) is 32.3. The summed E-state index contributed by atoms with van der Waals surface area (Å²) in [4.78, 5) is 88.8. The molecule has 55 heavy (non-hydrogen) atoms. The summed E-state index contributed by atoms with van der Waals surface area (Å²) < 4.78 is 10.9. The van der Waals surface area contributed by atoms with Crippen LogP contribution in [0.2, 0.25) is 0 Å². The van der Waals surface area contributed by atoms with Gasteiger partial charge in [0.15, 0.2) is 11.6 Å². The third kappa shape index (κ3) is 25.5. The van der Waals surface area contributed by atoms with Gasteiger partial charge in [-0.25, -0.2) is 0 Å². The predicted octanol–water partition coefficient (Wildman–Crippen LogP) is -1.74. The van der Waals surface area contributed by atoms with Crippen LogP contribution in [0, 0.1) is 5.92 Å². The summed E-state index contributed by atoms with van der Waals surface area (Å²) in [5.41, 5.74) is 5.92. The first-order valence-corrected chi connectivity index (χ1v) is 25.8. The number of rotatable bonds is 32. The molecule has 0 fully saturated rings. The second-order valence-corrected chi connectivity index (χ2v) is 22.0. The van der Waals surface area contributed by atoms with E-state index in [1.54, 1.807) is 20.0 Å². The molecule has 0 aromatic carbocycles. The molecule has 12 nitrogen and oxygen atoms in total. The zero-order chi connectivity index (χ0) is 42.1. The van der Waals surface area contributed by atoms with E-state index in [-0.39, 0.29) is 125 Å². The van der Waals surface area contributed by atoms with Crippen molar-refractivity contribution in [3.63, 3.8) is 0 Å². The molecule has 14 radical (unpaired) electrons. The van der Waals surface area contributed by atoms with Crippen LogP contribution in [0.5, 0.6) is 0 Å². The molecule has 0 heterocycles. The number of amides is 2. The van der Waals surface area contributed by atoms with E-state index in [0.29, 0.717) is 0 Å². The molecule has 0 rings (SSSR count). The standard InChI is InChI=1S/C29H48B10N3O9P3S/c1-52(34)16-21(43)5-4-20(28(48)42-26(27(47)18-54(3)36)9-7-22(44)17-53(2)35)14-24(46)15-51-13-12-50-11-10-41-29(49)25(40)8-6-23(45)19-55(37-30,38-31)39(32)33/h20,25-26H,4-19,40H2,1-3H3,(H,41,49)(H,42,48). The van der Waals surface area contributed by atoms with E-state index < -0.39 is 73.5 Å². The Labute approximate surface area is 342 Å². The molecule has 0 aliphatic carbocycles. The molecule has 0 aromatic heterocycles. The van der Waals surface area contributed by atoms with Gasteiger partial charge in [0.1, 0.15) is 40.9 Å². The van der Waals surface area contributed by atoms with E-state index in [4.69, 9.17) is 68.9 Å². The third-order valence-electron chi connectivity index (χ3n) is 7.97. The van der Waals surface area contributed by atoms with Crippen LogP contribution in [0.25, 0.3) is 0 Å². The van der Waals surface area contributed by atoms with Crippen molar-refractivity contribution >= 4 is 144 Å². The van der Waals surface area contributed by atoms with Gasteiger partial charge in [-0.1, -0.05) is 20.0 Å². The number of ketones is 5. The number of hydrogen-bond donors (Lipinski definition) is 3.